The topological polar surface area (TPSA) is 55.1 Å². The number of carbonyl (C=O) groups excluding carboxylic acids is 1. The molecule has 3 saturated carbocycles. The average Bonchev–Trinajstić information content (AvgIpc) is 2.78. The molecule has 0 heterocycles. The van der Waals surface area contributed by atoms with E-state index < -0.39 is 5.92 Å². The first-order valence-electron chi connectivity index (χ1n) is 8.36. The van der Waals surface area contributed by atoms with Crippen LogP contribution in [0.15, 0.2) is 0 Å². The summed E-state index contributed by atoms with van der Waals surface area (Å²) in [6.07, 6.45) is 5.03. The number of hydrogen-bond acceptors (Lipinski definition) is 2. The van der Waals surface area contributed by atoms with E-state index in [0.717, 1.165) is 25.7 Å². The molecule has 3 N–H and O–H groups in total. The van der Waals surface area contributed by atoms with Crippen LogP contribution >= 0.6 is 0 Å². The zero-order valence-corrected chi connectivity index (χ0v) is 12.5. The van der Waals surface area contributed by atoms with Crippen LogP contribution in [0, 0.1) is 23.7 Å². The van der Waals surface area contributed by atoms with Gasteiger partial charge in [0.15, 0.2) is 0 Å². The quantitative estimate of drug-likeness (QED) is 0.838. The predicted octanol–water partition coefficient (Wildman–Crippen LogP) is 2.69. The Hall–Kier alpha value is -0.710. The van der Waals surface area contributed by atoms with Gasteiger partial charge in [-0.3, -0.25) is 4.79 Å². The van der Waals surface area contributed by atoms with Gasteiger partial charge in [-0.25, -0.2) is 8.78 Å². The summed E-state index contributed by atoms with van der Waals surface area (Å²) >= 11 is 0. The van der Waals surface area contributed by atoms with Gasteiger partial charge in [0.2, 0.25) is 11.8 Å². The Bertz CT molecular complexity index is 392. The average molecular weight is 300 g/mol. The van der Waals surface area contributed by atoms with E-state index in [1.165, 1.54) is 0 Å². The summed E-state index contributed by atoms with van der Waals surface area (Å²) in [6, 6.07) is 0.303. The van der Waals surface area contributed by atoms with Gasteiger partial charge in [-0.1, -0.05) is 0 Å². The van der Waals surface area contributed by atoms with E-state index >= 15 is 0 Å². The van der Waals surface area contributed by atoms with Crippen molar-refractivity contribution in [2.45, 2.75) is 63.3 Å². The smallest absolute Gasteiger partial charge is 0.248 e. The van der Waals surface area contributed by atoms with Crippen LogP contribution in [0.3, 0.4) is 0 Å². The lowest BCUT2D eigenvalue weighted by Gasteiger charge is -2.37. The second-order valence-corrected chi connectivity index (χ2v) is 7.37. The highest BCUT2D eigenvalue weighted by atomic mass is 19.3. The number of halogens is 2. The van der Waals surface area contributed by atoms with Crippen molar-refractivity contribution in [1.29, 1.82) is 0 Å². The molecule has 0 aliphatic heterocycles. The summed E-state index contributed by atoms with van der Waals surface area (Å²) in [7, 11) is 0. The van der Waals surface area contributed by atoms with Crippen LogP contribution in [-0.4, -0.2) is 24.4 Å². The molecule has 0 radical (unpaired) electrons. The minimum Gasteiger partial charge on any atom is -0.356 e. The molecule has 0 aromatic rings. The van der Waals surface area contributed by atoms with Crippen LogP contribution in [0.5, 0.6) is 0 Å². The maximum absolute atomic E-state index is 13.1. The van der Waals surface area contributed by atoms with Gasteiger partial charge in [-0.15, -0.1) is 0 Å². The van der Waals surface area contributed by atoms with Crippen molar-refractivity contribution in [3.05, 3.63) is 0 Å². The first-order chi connectivity index (χ1) is 9.94. The third kappa shape index (κ3) is 3.38. The van der Waals surface area contributed by atoms with E-state index in [9.17, 15) is 13.6 Å². The molecule has 3 aliphatic rings. The Morgan fingerprint density at radius 1 is 1.19 bits per heavy atom. The minimum absolute atomic E-state index is 0.00941. The molecule has 3 nitrogen and oxygen atoms in total. The number of carbonyl (C=O) groups is 1. The molecule has 4 atom stereocenters. The Labute approximate surface area is 125 Å². The van der Waals surface area contributed by atoms with Crippen molar-refractivity contribution in [3.8, 4) is 0 Å². The molecule has 5 heteroatoms. The first-order valence-corrected chi connectivity index (χ1v) is 8.36. The summed E-state index contributed by atoms with van der Waals surface area (Å²) in [5, 5.41) is 3.01. The molecular weight excluding hydrogens is 274 g/mol. The number of nitrogens with one attached hydrogen (secondary N) is 1. The third-order valence-electron chi connectivity index (χ3n) is 5.93. The molecule has 0 spiro atoms. The van der Waals surface area contributed by atoms with Gasteiger partial charge >= 0.3 is 0 Å². The molecule has 21 heavy (non-hydrogen) atoms. The summed E-state index contributed by atoms with van der Waals surface area (Å²) in [5.41, 5.74) is 5.95. The zero-order chi connectivity index (χ0) is 15.0. The van der Waals surface area contributed by atoms with Gasteiger partial charge in [0.1, 0.15) is 0 Å². The van der Waals surface area contributed by atoms with E-state index in [1.54, 1.807) is 0 Å². The van der Waals surface area contributed by atoms with Crippen LogP contribution < -0.4 is 11.1 Å². The van der Waals surface area contributed by atoms with Crippen LogP contribution in [0.25, 0.3) is 0 Å². The summed E-state index contributed by atoms with van der Waals surface area (Å²) in [6.45, 7) is 0.632. The number of alkyl halides is 2. The van der Waals surface area contributed by atoms with Crippen molar-refractivity contribution in [3.63, 3.8) is 0 Å². The molecule has 1 amide bonds. The van der Waals surface area contributed by atoms with Gasteiger partial charge in [0.25, 0.3) is 0 Å². The van der Waals surface area contributed by atoms with Crippen molar-refractivity contribution in [2.75, 3.05) is 6.54 Å². The molecule has 120 valence electrons. The maximum Gasteiger partial charge on any atom is 0.248 e. The summed E-state index contributed by atoms with van der Waals surface area (Å²) in [5.74, 6) is -0.612. The zero-order valence-electron chi connectivity index (χ0n) is 12.5. The second kappa shape index (κ2) is 5.82. The number of nitrogens with two attached hydrogens (primary N) is 1. The summed E-state index contributed by atoms with van der Waals surface area (Å²) in [4.78, 5) is 12.1. The maximum atomic E-state index is 13.1. The fourth-order valence-electron chi connectivity index (χ4n) is 4.43. The number of rotatable bonds is 4. The van der Waals surface area contributed by atoms with Crippen LogP contribution in [0.1, 0.15) is 51.4 Å². The molecular formula is C16H26F2N2O. The van der Waals surface area contributed by atoms with Gasteiger partial charge in [-0.05, 0) is 56.3 Å². The van der Waals surface area contributed by atoms with Crippen molar-refractivity contribution in [2.24, 2.45) is 29.4 Å². The van der Waals surface area contributed by atoms with Gasteiger partial charge in [-0.2, -0.15) is 0 Å². The highest BCUT2D eigenvalue weighted by molar-refractivity contribution is 5.79. The van der Waals surface area contributed by atoms with E-state index in [0.29, 0.717) is 43.2 Å². The van der Waals surface area contributed by atoms with Gasteiger partial charge < -0.3 is 11.1 Å². The SMILES string of the molecule is N[C@@H]1C[C@@H]2CC(C(=O)NCCC3CCC(F)(F)CC3)C[C@@H]21. The molecule has 0 aromatic heterocycles. The normalized spacial score (nSPS) is 38.6. The van der Waals surface area contributed by atoms with Gasteiger partial charge in [0.05, 0.1) is 0 Å². The van der Waals surface area contributed by atoms with E-state index in [4.69, 9.17) is 5.73 Å². The summed E-state index contributed by atoms with van der Waals surface area (Å²) < 4.78 is 26.1. The highest BCUT2D eigenvalue weighted by Gasteiger charge is 2.47. The monoisotopic (exact) mass is 300 g/mol. The molecule has 0 aromatic carbocycles. The third-order valence-corrected chi connectivity index (χ3v) is 5.93. The lowest BCUT2D eigenvalue weighted by molar-refractivity contribution is -0.125. The lowest BCUT2D eigenvalue weighted by Crippen LogP contribution is -2.44. The number of fused-ring (bicyclic) bond motifs is 1. The first kappa shape index (κ1) is 15.2. The molecule has 0 saturated heterocycles. The Kier molecular flexibility index (Phi) is 4.21. The lowest BCUT2D eigenvalue weighted by atomic mass is 9.72. The Morgan fingerprint density at radius 2 is 1.90 bits per heavy atom. The molecule has 1 unspecified atom stereocenters. The molecule has 3 fully saturated rings. The predicted molar refractivity (Wildman–Crippen MR) is 76.8 cm³/mol. The molecule has 0 bridgehead atoms. The Balaban J connectivity index is 1.34. The fraction of sp³-hybridized carbons (Fsp3) is 0.938. The molecule has 3 aliphatic carbocycles. The number of hydrogen-bond donors (Lipinski definition) is 2. The van der Waals surface area contributed by atoms with Crippen molar-refractivity contribution >= 4 is 5.91 Å². The number of amides is 1. The van der Waals surface area contributed by atoms with Crippen LogP contribution in [0.2, 0.25) is 0 Å². The van der Waals surface area contributed by atoms with Crippen LogP contribution in [-0.2, 0) is 4.79 Å². The fourth-order valence-corrected chi connectivity index (χ4v) is 4.43. The highest BCUT2D eigenvalue weighted by Crippen LogP contribution is 2.48. The van der Waals surface area contributed by atoms with Crippen molar-refractivity contribution in [1.82, 2.24) is 5.32 Å². The van der Waals surface area contributed by atoms with E-state index in [2.05, 4.69) is 5.32 Å². The van der Waals surface area contributed by atoms with E-state index in [1.807, 2.05) is 0 Å². The largest absolute Gasteiger partial charge is 0.356 e. The second-order valence-electron chi connectivity index (χ2n) is 7.37. The standard InChI is InChI=1S/C16H26F2N2O/c17-16(18)4-1-10(2-5-16)3-6-20-15(21)12-7-11-9-14(19)13(11)8-12/h10-14H,1-9,19H2,(H,20,21)/t11-,12?,13-,14+/m0/s1. The Morgan fingerprint density at radius 3 is 2.52 bits per heavy atom. The molecule has 3 rings (SSSR count). The minimum atomic E-state index is -2.46. The van der Waals surface area contributed by atoms with Gasteiger partial charge in [0, 0.05) is 31.3 Å². The van der Waals surface area contributed by atoms with E-state index in [-0.39, 0.29) is 24.7 Å². The van der Waals surface area contributed by atoms with Crippen LogP contribution in [0.4, 0.5) is 8.78 Å². The van der Waals surface area contributed by atoms with Crippen molar-refractivity contribution < 1.29 is 13.6 Å².